The van der Waals surface area contributed by atoms with Crippen LogP contribution in [0.3, 0.4) is 0 Å². The van der Waals surface area contributed by atoms with E-state index in [9.17, 15) is 0 Å². The average Bonchev–Trinajstić information content (AvgIpc) is 2.93. The molecule has 2 aliphatic rings. The van der Waals surface area contributed by atoms with Crippen LogP contribution in [0.4, 0.5) is 22.9 Å². The zero-order valence-electron chi connectivity index (χ0n) is 20.7. The number of morpholine rings is 1. The number of nitrogens with zero attached hydrogens (tertiary/aromatic N) is 5. The van der Waals surface area contributed by atoms with Crippen molar-refractivity contribution in [2.75, 3.05) is 68.6 Å². The van der Waals surface area contributed by atoms with Gasteiger partial charge in [0.15, 0.2) is 11.3 Å². The van der Waals surface area contributed by atoms with Gasteiger partial charge in [0.1, 0.15) is 12.4 Å². The number of aromatic nitrogens is 3. The molecule has 0 saturated carbocycles. The van der Waals surface area contributed by atoms with Gasteiger partial charge in [-0.15, -0.1) is 0 Å². The van der Waals surface area contributed by atoms with Crippen molar-refractivity contribution in [3.05, 3.63) is 48.7 Å². The van der Waals surface area contributed by atoms with Gasteiger partial charge in [-0.05, 0) is 25.1 Å². The Morgan fingerprint density at radius 2 is 2.11 bits per heavy atom. The molecule has 1 saturated heterocycles. The SMILES string of the molecule is C=Cn1cc(-c2cnc3c(c2)NCCO3)nc(Nc2ccc(N3CCOCC3)c(OCC)c2)c1=NC. The van der Waals surface area contributed by atoms with E-state index in [2.05, 4.69) is 38.2 Å². The van der Waals surface area contributed by atoms with Crippen molar-refractivity contribution in [1.82, 2.24) is 14.5 Å². The number of ether oxygens (including phenoxy) is 3. The van der Waals surface area contributed by atoms with E-state index >= 15 is 0 Å². The molecule has 10 nitrogen and oxygen atoms in total. The van der Waals surface area contributed by atoms with E-state index in [0.29, 0.717) is 43.6 Å². The number of rotatable bonds is 7. The Bertz CT molecular complexity index is 1320. The van der Waals surface area contributed by atoms with E-state index in [1.165, 1.54) is 0 Å². The van der Waals surface area contributed by atoms with Crippen LogP contribution in [0.25, 0.3) is 17.5 Å². The summed E-state index contributed by atoms with van der Waals surface area (Å²) in [7, 11) is 1.73. The van der Waals surface area contributed by atoms with Gasteiger partial charge >= 0.3 is 0 Å². The van der Waals surface area contributed by atoms with Gasteiger partial charge in [-0.2, -0.15) is 0 Å². The molecule has 4 heterocycles. The fourth-order valence-electron chi connectivity index (χ4n) is 4.33. The molecule has 1 fully saturated rings. The molecule has 188 valence electrons. The van der Waals surface area contributed by atoms with E-state index < -0.39 is 0 Å². The molecule has 2 N–H and O–H groups in total. The van der Waals surface area contributed by atoms with Crippen molar-refractivity contribution in [1.29, 1.82) is 0 Å². The molecule has 36 heavy (non-hydrogen) atoms. The first-order valence-electron chi connectivity index (χ1n) is 12.1. The third kappa shape index (κ3) is 4.85. The minimum atomic E-state index is 0.573. The Hall–Kier alpha value is -4.05. The first-order valence-corrected chi connectivity index (χ1v) is 12.1. The van der Waals surface area contributed by atoms with Crippen LogP contribution in [-0.2, 0) is 4.74 Å². The fourth-order valence-corrected chi connectivity index (χ4v) is 4.33. The van der Waals surface area contributed by atoms with Crippen LogP contribution < -0.4 is 30.5 Å². The maximum absolute atomic E-state index is 6.00. The summed E-state index contributed by atoms with van der Waals surface area (Å²) in [6.07, 6.45) is 5.36. The summed E-state index contributed by atoms with van der Waals surface area (Å²) in [4.78, 5) is 16.1. The Morgan fingerprint density at radius 3 is 2.89 bits per heavy atom. The summed E-state index contributed by atoms with van der Waals surface area (Å²) < 4.78 is 19.0. The second-order valence-electron chi connectivity index (χ2n) is 8.30. The highest BCUT2D eigenvalue weighted by Gasteiger charge is 2.18. The molecule has 0 spiro atoms. The summed E-state index contributed by atoms with van der Waals surface area (Å²) in [5, 5.41) is 6.77. The average molecular weight is 490 g/mol. The number of hydrogen-bond donors (Lipinski definition) is 2. The third-order valence-corrected chi connectivity index (χ3v) is 6.04. The Balaban J connectivity index is 1.52. The second-order valence-corrected chi connectivity index (χ2v) is 8.30. The monoisotopic (exact) mass is 489 g/mol. The van der Waals surface area contributed by atoms with Crippen LogP contribution in [0, 0.1) is 0 Å². The summed E-state index contributed by atoms with van der Waals surface area (Å²) >= 11 is 0. The molecule has 0 atom stereocenters. The second kappa shape index (κ2) is 10.7. The normalized spacial score (nSPS) is 15.5. The van der Waals surface area contributed by atoms with Crippen molar-refractivity contribution in [3.8, 4) is 22.9 Å². The standard InChI is InChI=1S/C26H31N7O3/c1-4-32-17-21(18-14-20-26(29-16-18)36-11-8-28-20)31-24(25(32)27-3)30-19-6-7-22(23(15-19)35-5-2)33-9-12-34-13-10-33/h4,6-7,14-17,28H,1,5,8-13H2,2-3H3,(H,30,31). The first kappa shape index (κ1) is 23.7. The lowest BCUT2D eigenvalue weighted by Gasteiger charge is -2.30. The zero-order chi connectivity index (χ0) is 24.9. The predicted molar refractivity (Wildman–Crippen MR) is 141 cm³/mol. The van der Waals surface area contributed by atoms with Crippen LogP contribution in [-0.4, -0.2) is 67.6 Å². The number of nitrogens with one attached hydrogen (secondary N) is 2. The molecule has 2 aliphatic heterocycles. The molecule has 0 radical (unpaired) electrons. The number of benzene rings is 1. The summed E-state index contributed by atoms with van der Waals surface area (Å²) in [6.45, 7) is 11.0. The minimum absolute atomic E-state index is 0.573. The Kier molecular flexibility index (Phi) is 7.03. The Morgan fingerprint density at radius 1 is 1.25 bits per heavy atom. The molecule has 10 heteroatoms. The molecule has 1 aromatic carbocycles. The van der Waals surface area contributed by atoms with Gasteiger partial charge in [0.25, 0.3) is 0 Å². The van der Waals surface area contributed by atoms with E-state index in [0.717, 1.165) is 53.7 Å². The van der Waals surface area contributed by atoms with Crippen molar-refractivity contribution >= 4 is 29.1 Å². The number of fused-ring (bicyclic) bond motifs is 1. The van der Waals surface area contributed by atoms with Crippen molar-refractivity contribution < 1.29 is 14.2 Å². The van der Waals surface area contributed by atoms with Gasteiger partial charge < -0.3 is 34.3 Å². The van der Waals surface area contributed by atoms with E-state index in [1.807, 2.05) is 35.9 Å². The summed E-state index contributed by atoms with van der Waals surface area (Å²) in [5.74, 6) is 2.01. The predicted octanol–water partition coefficient (Wildman–Crippen LogP) is 3.36. The minimum Gasteiger partial charge on any atom is -0.492 e. The van der Waals surface area contributed by atoms with Crippen LogP contribution in [0.15, 0.2) is 48.2 Å². The summed E-state index contributed by atoms with van der Waals surface area (Å²) in [6, 6.07) is 8.10. The molecule has 0 aliphatic carbocycles. The highest BCUT2D eigenvalue weighted by Crippen LogP contribution is 2.33. The maximum Gasteiger partial charge on any atom is 0.237 e. The fraction of sp³-hybridized carbons (Fsp3) is 0.346. The number of anilines is 4. The van der Waals surface area contributed by atoms with E-state index in [-0.39, 0.29) is 0 Å². The molecule has 0 amide bonds. The molecule has 2 aromatic heterocycles. The van der Waals surface area contributed by atoms with Crippen LogP contribution >= 0.6 is 0 Å². The van der Waals surface area contributed by atoms with Gasteiger partial charge in [-0.1, -0.05) is 6.58 Å². The smallest absolute Gasteiger partial charge is 0.237 e. The quantitative estimate of drug-likeness (QED) is 0.522. The molecule has 0 unspecified atom stereocenters. The zero-order valence-corrected chi connectivity index (χ0v) is 20.7. The highest BCUT2D eigenvalue weighted by atomic mass is 16.5. The molecular formula is C26H31N7O3. The Labute approximate surface area is 210 Å². The lowest BCUT2D eigenvalue weighted by atomic mass is 10.2. The topological polar surface area (TPSA) is 98.1 Å². The molecule has 3 aromatic rings. The first-order chi connectivity index (χ1) is 17.7. The summed E-state index contributed by atoms with van der Waals surface area (Å²) in [5.41, 5.74) is 4.98. The lowest BCUT2D eigenvalue weighted by Crippen LogP contribution is -2.36. The number of pyridine rings is 1. The van der Waals surface area contributed by atoms with Gasteiger partial charge in [0.05, 0.1) is 36.9 Å². The van der Waals surface area contributed by atoms with Crippen molar-refractivity contribution in [2.45, 2.75) is 6.92 Å². The largest absolute Gasteiger partial charge is 0.492 e. The van der Waals surface area contributed by atoms with Crippen LogP contribution in [0.1, 0.15) is 6.92 Å². The molecular weight excluding hydrogens is 458 g/mol. The lowest BCUT2D eigenvalue weighted by molar-refractivity contribution is 0.122. The molecule has 5 rings (SSSR count). The van der Waals surface area contributed by atoms with E-state index in [4.69, 9.17) is 19.2 Å². The number of hydrogen-bond acceptors (Lipinski definition) is 9. The van der Waals surface area contributed by atoms with Crippen molar-refractivity contribution in [2.24, 2.45) is 4.99 Å². The van der Waals surface area contributed by atoms with Crippen LogP contribution in [0.5, 0.6) is 11.6 Å². The van der Waals surface area contributed by atoms with Gasteiger partial charge in [-0.3, -0.25) is 4.99 Å². The highest BCUT2D eigenvalue weighted by molar-refractivity contribution is 5.71. The van der Waals surface area contributed by atoms with Gasteiger partial charge in [0, 0.05) is 62.6 Å². The van der Waals surface area contributed by atoms with Crippen molar-refractivity contribution in [3.63, 3.8) is 0 Å². The van der Waals surface area contributed by atoms with Gasteiger partial charge in [-0.25, -0.2) is 9.97 Å². The van der Waals surface area contributed by atoms with Gasteiger partial charge in [0.2, 0.25) is 5.88 Å². The van der Waals surface area contributed by atoms with Crippen LogP contribution in [0.2, 0.25) is 0 Å². The van der Waals surface area contributed by atoms with E-state index in [1.54, 1.807) is 19.4 Å². The molecule has 0 bridgehead atoms. The maximum atomic E-state index is 6.00. The third-order valence-electron chi connectivity index (χ3n) is 6.04.